The van der Waals surface area contributed by atoms with Gasteiger partial charge in [0.1, 0.15) is 107 Å². The third kappa shape index (κ3) is 13.8. The van der Waals surface area contributed by atoms with E-state index in [0.717, 1.165) is 127 Å². The molecule has 127 heavy (non-hydrogen) atoms. The van der Waals surface area contributed by atoms with E-state index in [1.807, 2.05) is 111 Å². The first-order valence-electron chi connectivity index (χ1n) is 45.7. The highest BCUT2D eigenvalue weighted by Gasteiger charge is 2.30. The van der Waals surface area contributed by atoms with Crippen molar-refractivity contribution in [1.82, 2.24) is 9.97 Å². The Labute approximate surface area is 742 Å². The average molecular weight is 1660 g/mol. The molecule has 0 saturated heterocycles. The van der Waals surface area contributed by atoms with E-state index in [2.05, 4.69) is 293 Å². The van der Waals surface area contributed by atoms with E-state index in [9.17, 15) is 0 Å². The van der Waals surface area contributed by atoms with E-state index in [0.29, 0.717) is 22.3 Å². The summed E-state index contributed by atoms with van der Waals surface area (Å²) >= 11 is 0. The minimum absolute atomic E-state index is 0.140. The van der Waals surface area contributed by atoms with E-state index in [4.69, 9.17) is 40.3 Å². The quantitative estimate of drug-likeness (QED) is 0.158. The first-order chi connectivity index (χ1) is 64.4. The largest absolute Gasteiger partial charge is 0.456 e. The highest BCUT2D eigenvalue weighted by Crippen LogP contribution is 2.45. The number of para-hydroxylation sites is 2. The SMILES string of the molecule is Cc1ccccc1-c1c2c(cc[n+]1C)oc1cc3ccccc3cc12.Cc1ccccc1-c1c2c(cc[n+]1C)oc1cc3ccccc3nc12.Cc1ccccc1-c1c2c(cc[n+]1C)oc1ccc3ccccc3c12.Cc1ccccc1-c1c2c(cc[n+]1C)oc1nc3ccccc3cc12.[2H]C([2H])([2H])c1ccc(-c2c3c(oc4ccc5ccccc5c43)c(C([2H])([2H])[2H])c[n+]2C)c(C)c1. The maximum Gasteiger partial charge on any atom is 0.228 e. The van der Waals surface area contributed by atoms with Crippen molar-refractivity contribution in [3.63, 3.8) is 0 Å². The lowest BCUT2D eigenvalue weighted by Gasteiger charge is -2.08. The molecule has 0 aliphatic carbocycles. The maximum atomic E-state index is 8.10. The summed E-state index contributed by atoms with van der Waals surface area (Å²) < 4.78 is 88.8. The second-order valence-electron chi connectivity index (χ2n) is 33.1. The molecule has 12 heterocycles. The third-order valence-electron chi connectivity index (χ3n) is 25.0. The third-order valence-corrected chi connectivity index (χ3v) is 25.0. The van der Waals surface area contributed by atoms with Crippen LogP contribution in [0.3, 0.4) is 0 Å². The highest BCUT2D eigenvalue weighted by molar-refractivity contribution is 6.24. The lowest BCUT2D eigenvalue weighted by atomic mass is 9.96. The van der Waals surface area contributed by atoms with Crippen LogP contribution in [0.5, 0.6) is 0 Å². The van der Waals surface area contributed by atoms with Crippen LogP contribution >= 0.6 is 0 Å². The molecule has 0 aliphatic heterocycles. The van der Waals surface area contributed by atoms with E-state index < -0.39 is 13.7 Å². The number of furan rings is 5. The van der Waals surface area contributed by atoms with Gasteiger partial charge in [-0.15, -0.1) is 0 Å². The molecule has 12 heteroatoms. The molecule has 0 spiro atoms. The second kappa shape index (κ2) is 31.8. The first-order valence-corrected chi connectivity index (χ1v) is 42.7. The Hall–Kier alpha value is -15.8. The summed E-state index contributed by atoms with van der Waals surface area (Å²) in [4.78, 5) is 9.64. The van der Waals surface area contributed by atoms with Gasteiger partial charge in [0.05, 0.1) is 22.0 Å². The van der Waals surface area contributed by atoms with E-state index >= 15 is 0 Å². The van der Waals surface area contributed by atoms with Gasteiger partial charge in [0.25, 0.3) is 0 Å². The average Bonchev–Trinajstić information content (AvgIpc) is 1.56. The second-order valence-corrected chi connectivity index (χ2v) is 33.1. The Morgan fingerprint density at radius 1 is 0.244 bits per heavy atom. The predicted octanol–water partition coefficient (Wildman–Crippen LogP) is 27.1. The minimum Gasteiger partial charge on any atom is -0.456 e. The van der Waals surface area contributed by atoms with Crippen molar-refractivity contribution in [1.29, 1.82) is 0 Å². The molecule has 13 aromatic carbocycles. The number of pyridine rings is 7. The monoisotopic (exact) mass is 1660 g/mol. The normalized spacial score (nSPS) is 12.5. The van der Waals surface area contributed by atoms with Crippen LogP contribution in [0, 0.1) is 48.3 Å². The van der Waals surface area contributed by atoms with Crippen molar-refractivity contribution in [2.24, 2.45) is 35.2 Å². The molecule has 12 nitrogen and oxygen atoms in total. The molecule has 612 valence electrons. The molecular weight excluding hydrogens is 1560 g/mol. The number of aryl methyl sites for hydroxylation is 12. The summed E-state index contributed by atoms with van der Waals surface area (Å²) in [6.45, 7) is 5.90. The van der Waals surface area contributed by atoms with Gasteiger partial charge in [-0.3, -0.25) is 0 Å². The van der Waals surface area contributed by atoms with Crippen molar-refractivity contribution in [3.05, 3.63) is 379 Å². The van der Waals surface area contributed by atoms with Crippen molar-refractivity contribution < 1.29 is 53.1 Å². The van der Waals surface area contributed by atoms with Crippen LogP contribution in [0.2, 0.25) is 0 Å². The molecule has 25 aromatic rings. The zero-order valence-electron chi connectivity index (χ0n) is 78.0. The minimum atomic E-state index is -2.36. The summed E-state index contributed by atoms with van der Waals surface area (Å²) in [7, 11) is 10.2. The Morgan fingerprint density at radius 2 is 0.630 bits per heavy atom. The van der Waals surface area contributed by atoms with E-state index in [1.54, 1.807) is 29.0 Å². The van der Waals surface area contributed by atoms with Crippen molar-refractivity contribution >= 4 is 164 Å². The van der Waals surface area contributed by atoms with E-state index in [1.165, 1.54) is 99.0 Å². The molecule has 0 fully saturated rings. The molecule has 0 atom stereocenters. The van der Waals surface area contributed by atoms with Gasteiger partial charge >= 0.3 is 0 Å². The smallest absolute Gasteiger partial charge is 0.228 e. The Kier molecular flexibility index (Phi) is 18.0. The summed E-state index contributed by atoms with van der Waals surface area (Å²) in [5.41, 5.74) is 28.2. The molecule has 0 amide bonds. The molecule has 0 unspecified atom stereocenters. The number of aromatic nitrogens is 7. The van der Waals surface area contributed by atoms with Crippen LogP contribution in [0.15, 0.2) is 362 Å². The molecular formula is C115H92N7O5+5. The van der Waals surface area contributed by atoms with Crippen molar-refractivity contribution in [2.45, 2.75) is 48.3 Å². The fourth-order valence-corrected chi connectivity index (χ4v) is 18.8. The van der Waals surface area contributed by atoms with Gasteiger partial charge in [0, 0.05) is 87.2 Å². The summed E-state index contributed by atoms with van der Waals surface area (Å²) in [6, 6.07) is 105. The van der Waals surface area contributed by atoms with Gasteiger partial charge in [-0.05, 0) is 187 Å². The number of hydrogen-bond acceptors (Lipinski definition) is 7. The number of hydrogen-bond donors (Lipinski definition) is 0. The predicted molar refractivity (Wildman–Crippen MR) is 518 cm³/mol. The number of rotatable bonds is 5. The van der Waals surface area contributed by atoms with E-state index in [-0.39, 0.29) is 11.1 Å². The van der Waals surface area contributed by atoms with Crippen LogP contribution in [-0.4, -0.2) is 9.97 Å². The van der Waals surface area contributed by atoms with Gasteiger partial charge in [0.2, 0.25) is 34.2 Å². The van der Waals surface area contributed by atoms with Gasteiger partial charge in [0.15, 0.2) is 42.2 Å². The molecule has 0 saturated carbocycles. The van der Waals surface area contributed by atoms with Crippen LogP contribution in [0.4, 0.5) is 0 Å². The van der Waals surface area contributed by atoms with Gasteiger partial charge in [-0.1, -0.05) is 212 Å². The number of benzene rings is 13. The highest BCUT2D eigenvalue weighted by atomic mass is 16.3. The first kappa shape index (κ1) is 71.7. The fourth-order valence-electron chi connectivity index (χ4n) is 18.8. The van der Waals surface area contributed by atoms with Crippen LogP contribution in [0.1, 0.15) is 47.2 Å². The Bertz CT molecular complexity index is 8560. The fraction of sp³-hybridized carbons (Fsp3) is 0.104. The summed E-state index contributed by atoms with van der Waals surface area (Å²) in [5, 5.41) is 18.7. The Balaban J connectivity index is 0.000000100. The standard InChI is InChI=1S/C25H22NO.2C23H18NO.2C22H17N2O/c1-15-9-11-19(16(2)13-15)24-23-22-20-8-6-5-7-18(20)10-12-21(22)27-25(23)17(3)14-26(24)4;1-15-7-3-6-10-18(15)23-22-19-13-16-8-4-5-9-17(16)14-21(19)25-20(22)11-12-24(23)2;1-15-7-3-5-9-17(15)23-22-20(13-14-24(23)2)25-19-12-11-16-8-4-6-10-18(16)21(19)22;1-14-7-3-5-9-16(14)21-20-17-13-15-8-4-6-10-18(15)23-22(17)25-19(20)11-12-24(21)2;1-14-7-3-5-9-16(14)22-20-18(11-12-24(22)2)25-19-13-15-8-4-6-10-17(15)23-21(19)20/h5-14H,1-4H3;2*3-14H,1-2H3;2*3-13H,1-2H3/q5*+1/i1D3,3D3;;;;. The zero-order valence-corrected chi connectivity index (χ0v) is 72.0. The van der Waals surface area contributed by atoms with Gasteiger partial charge in [-0.25, -0.2) is 28.2 Å². The molecule has 0 aliphatic rings. The van der Waals surface area contributed by atoms with Crippen LogP contribution in [0.25, 0.3) is 220 Å². The summed E-state index contributed by atoms with van der Waals surface area (Å²) in [6.07, 6.45) is 9.84. The van der Waals surface area contributed by atoms with Crippen LogP contribution in [-0.2, 0) is 35.2 Å². The van der Waals surface area contributed by atoms with Gasteiger partial charge in [-0.2, -0.15) is 4.57 Å². The molecule has 12 aromatic heterocycles. The lowest BCUT2D eigenvalue weighted by molar-refractivity contribution is -0.659. The van der Waals surface area contributed by atoms with Crippen molar-refractivity contribution in [2.75, 3.05) is 0 Å². The topological polar surface area (TPSA) is 111 Å². The summed E-state index contributed by atoms with van der Waals surface area (Å²) in [5.74, 6) is 0. The molecule has 0 N–H and O–H groups in total. The molecule has 0 bridgehead atoms. The number of fused-ring (bicyclic) bond motifs is 22. The molecule has 0 radical (unpaired) electrons. The lowest BCUT2D eigenvalue weighted by Crippen LogP contribution is -2.31. The zero-order chi connectivity index (χ0) is 91.6. The van der Waals surface area contributed by atoms with Crippen LogP contribution < -0.4 is 22.8 Å². The molecule has 25 rings (SSSR count). The number of nitrogens with zero attached hydrogens (tertiary/aromatic N) is 7. The van der Waals surface area contributed by atoms with Gasteiger partial charge < -0.3 is 22.1 Å². The van der Waals surface area contributed by atoms with Crippen molar-refractivity contribution in [3.8, 4) is 56.3 Å². The Morgan fingerprint density at radius 3 is 1.17 bits per heavy atom. The maximum absolute atomic E-state index is 8.10.